The predicted molar refractivity (Wildman–Crippen MR) is 106 cm³/mol. The average Bonchev–Trinajstić information content (AvgIpc) is 2.72. The molecular weight excluding hydrogens is 428 g/mol. The van der Waals surface area contributed by atoms with Gasteiger partial charge in [0.05, 0.1) is 5.69 Å². The van der Waals surface area contributed by atoms with Gasteiger partial charge in [0.1, 0.15) is 0 Å². The van der Waals surface area contributed by atoms with E-state index in [4.69, 9.17) is 4.98 Å². The molecule has 1 aromatic heterocycles. The van der Waals surface area contributed by atoms with E-state index in [1.807, 2.05) is 6.20 Å². The highest BCUT2D eigenvalue weighted by Crippen LogP contribution is 2.45. The standard InChI is InChI=1S/C20H22Br2N2/c1-12-8-14-2-3-15-10-16(21)11-24-20(15)19(18(14)17(22)9-12)13-4-6-23-7-5-13/h8-11,13,19,23H,2-7H2,1H3/t19-/m0/s1. The van der Waals surface area contributed by atoms with Crippen LogP contribution in [0.1, 0.15) is 46.7 Å². The summed E-state index contributed by atoms with van der Waals surface area (Å²) in [5.74, 6) is 1.07. The zero-order valence-corrected chi connectivity index (χ0v) is 17.1. The Labute approximate surface area is 160 Å². The number of benzene rings is 1. The first kappa shape index (κ1) is 16.7. The zero-order valence-electron chi connectivity index (χ0n) is 13.9. The number of aromatic nitrogens is 1. The minimum Gasteiger partial charge on any atom is -0.317 e. The first-order valence-corrected chi connectivity index (χ1v) is 10.4. The van der Waals surface area contributed by atoms with Gasteiger partial charge >= 0.3 is 0 Å². The first-order valence-electron chi connectivity index (χ1n) is 8.77. The van der Waals surface area contributed by atoms with Crippen LogP contribution in [0.4, 0.5) is 0 Å². The third-order valence-corrected chi connectivity index (χ3v) is 6.54. The molecule has 0 saturated carbocycles. The Morgan fingerprint density at radius 2 is 1.79 bits per heavy atom. The molecule has 4 rings (SSSR count). The van der Waals surface area contributed by atoms with E-state index >= 15 is 0 Å². The van der Waals surface area contributed by atoms with Gasteiger partial charge in [-0.3, -0.25) is 4.98 Å². The van der Waals surface area contributed by atoms with Crippen LogP contribution in [-0.2, 0) is 12.8 Å². The highest BCUT2D eigenvalue weighted by Gasteiger charge is 2.34. The van der Waals surface area contributed by atoms with Gasteiger partial charge in [0.25, 0.3) is 0 Å². The predicted octanol–water partition coefficient (Wildman–Crippen LogP) is 5.15. The maximum atomic E-state index is 4.91. The number of fused-ring (bicyclic) bond motifs is 2. The van der Waals surface area contributed by atoms with Gasteiger partial charge in [-0.15, -0.1) is 0 Å². The van der Waals surface area contributed by atoms with E-state index < -0.39 is 0 Å². The monoisotopic (exact) mass is 448 g/mol. The molecule has 1 saturated heterocycles. The maximum absolute atomic E-state index is 4.91. The van der Waals surface area contributed by atoms with Gasteiger partial charge in [-0.2, -0.15) is 0 Å². The molecule has 0 radical (unpaired) electrons. The molecule has 126 valence electrons. The van der Waals surface area contributed by atoms with E-state index in [1.165, 1.54) is 45.3 Å². The Bertz CT molecular complexity index is 766. The zero-order chi connectivity index (χ0) is 16.7. The van der Waals surface area contributed by atoms with Crippen molar-refractivity contribution in [1.82, 2.24) is 10.3 Å². The SMILES string of the molecule is Cc1cc(Br)c2c(c1)CCc1cc(Br)cnc1[C@H]2C1CCNCC1. The van der Waals surface area contributed by atoms with E-state index in [1.54, 1.807) is 0 Å². The first-order chi connectivity index (χ1) is 11.6. The highest BCUT2D eigenvalue weighted by molar-refractivity contribution is 9.10. The number of aryl methyl sites for hydroxylation is 3. The molecule has 2 aliphatic rings. The van der Waals surface area contributed by atoms with Crippen molar-refractivity contribution in [2.45, 2.75) is 38.5 Å². The Morgan fingerprint density at radius 3 is 2.58 bits per heavy atom. The van der Waals surface area contributed by atoms with Gasteiger partial charge in [0.15, 0.2) is 0 Å². The molecule has 1 aliphatic carbocycles. The largest absolute Gasteiger partial charge is 0.317 e. The fourth-order valence-corrected chi connectivity index (χ4v) is 5.64. The quantitative estimate of drug-likeness (QED) is 0.651. The summed E-state index contributed by atoms with van der Waals surface area (Å²) in [5.41, 5.74) is 7.03. The molecule has 1 fully saturated rings. The molecule has 1 aliphatic heterocycles. The van der Waals surface area contributed by atoms with Crippen LogP contribution in [0.25, 0.3) is 0 Å². The summed E-state index contributed by atoms with van der Waals surface area (Å²) >= 11 is 7.50. The average molecular weight is 450 g/mol. The molecule has 0 unspecified atom stereocenters. The fourth-order valence-electron chi connectivity index (χ4n) is 4.40. The van der Waals surface area contributed by atoms with E-state index in [0.717, 1.165) is 30.4 Å². The number of hydrogen-bond donors (Lipinski definition) is 1. The summed E-state index contributed by atoms with van der Waals surface area (Å²) in [6.07, 6.45) is 6.59. The lowest BCUT2D eigenvalue weighted by Crippen LogP contribution is -2.32. The van der Waals surface area contributed by atoms with Crippen LogP contribution in [-0.4, -0.2) is 18.1 Å². The minimum atomic E-state index is 0.405. The van der Waals surface area contributed by atoms with Crippen LogP contribution < -0.4 is 5.32 Å². The Kier molecular flexibility index (Phi) is 4.81. The number of nitrogens with one attached hydrogen (secondary N) is 1. The second-order valence-electron chi connectivity index (χ2n) is 7.08. The van der Waals surface area contributed by atoms with Crippen molar-refractivity contribution in [1.29, 1.82) is 0 Å². The molecule has 0 amide bonds. The molecule has 2 heterocycles. The van der Waals surface area contributed by atoms with E-state index in [-0.39, 0.29) is 0 Å². The van der Waals surface area contributed by atoms with Gasteiger partial charge in [-0.05, 0) is 102 Å². The van der Waals surface area contributed by atoms with Crippen LogP contribution in [0.2, 0.25) is 0 Å². The smallest absolute Gasteiger partial charge is 0.0514 e. The molecular formula is C20H22Br2N2. The van der Waals surface area contributed by atoms with Crippen molar-refractivity contribution < 1.29 is 0 Å². The molecule has 4 heteroatoms. The number of nitrogens with zero attached hydrogens (tertiary/aromatic N) is 1. The lowest BCUT2D eigenvalue weighted by Gasteiger charge is -2.32. The summed E-state index contributed by atoms with van der Waals surface area (Å²) < 4.78 is 2.35. The lowest BCUT2D eigenvalue weighted by atomic mass is 9.76. The van der Waals surface area contributed by atoms with E-state index in [9.17, 15) is 0 Å². The van der Waals surface area contributed by atoms with Gasteiger partial charge < -0.3 is 5.32 Å². The second kappa shape index (κ2) is 6.89. The number of rotatable bonds is 1. The van der Waals surface area contributed by atoms with Gasteiger partial charge in [0.2, 0.25) is 0 Å². The van der Waals surface area contributed by atoms with Crippen molar-refractivity contribution in [2.75, 3.05) is 13.1 Å². The number of piperidine rings is 1. The van der Waals surface area contributed by atoms with Crippen LogP contribution >= 0.6 is 31.9 Å². The normalized spacial score (nSPS) is 21.0. The van der Waals surface area contributed by atoms with Crippen LogP contribution in [0.15, 0.2) is 33.3 Å². The van der Waals surface area contributed by atoms with Crippen molar-refractivity contribution in [3.63, 3.8) is 0 Å². The molecule has 0 spiro atoms. The van der Waals surface area contributed by atoms with Gasteiger partial charge in [-0.25, -0.2) is 0 Å². The summed E-state index contributed by atoms with van der Waals surface area (Å²) in [6, 6.07) is 6.94. The molecule has 2 nitrogen and oxygen atoms in total. The summed E-state index contributed by atoms with van der Waals surface area (Å²) in [5, 5.41) is 3.51. The summed E-state index contributed by atoms with van der Waals surface area (Å²) in [7, 11) is 0. The van der Waals surface area contributed by atoms with Crippen LogP contribution in [0.3, 0.4) is 0 Å². The second-order valence-corrected chi connectivity index (χ2v) is 8.85. The molecule has 1 N–H and O–H groups in total. The van der Waals surface area contributed by atoms with Crippen LogP contribution in [0.5, 0.6) is 0 Å². The summed E-state index contributed by atoms with van der Waals surface area (Å²) in [6.45, 7) is 4.43. The third kappa shape index (κ3) is 3.09. The van der Waals surface area contributed by atoms with Gasteiger partial charge in [0, 0.05) is 21.1 Å². The van der Waals surface area contributed by atoms with Gasteiger partial charge in [-0.1, -0.05) is 22.0 Å². The van der Waals surface area contributed by atoms with E-state index in [2.05, 4.69) is 62.3 Å². The van der Waals surface area contributed by atoms with Crippen molar-refractivity contribution in [2.24, 2.45) is 5.92 Å². The molecule has 2 aromatic rings. The van der Waals surface area contributed by atoms with E-state index in [0.29, 0.717) is 11.8 Å². The third-order valence-electron chi connectivity index (χ3n) is 5.45. The molecule has 24 heavy (non-hydrogen) atoms. The minimum absolute atomic E-state index is 0.405. The Morgan fingerprint density at radius 1 is 1.04 bits per heavy atom. The maximum Gasteiger partial charge on any atom is 0.0514 e. The van der Waals surface area contributed by atoms with Crippen molar-refractivity contribution >= 4 is 31.9 Å². The van der Waals surface area contributed by atoms with Crippen molar-refractivity contribution in [3.05, 3.63) is 61.3 Å². The van der Waals surface area contributed by atoms with Crippen molar-refractivity contribution in [3.8, 4) is 0 Å². The van der Waals surface area contributed by atoms with Crippen LogP contribution in [0, 0.1) is 12.8 Å². The molecule has 0 bridgehead atoms. The Balaban J connectivity index is 1.91. The number of pyridine rings is 1. The summed E-state index contributed by atoms with van der Waals surface area (Å²) in [4.78, 5) is 4.91. The fraction of sp³-hybridized carbons (Fsp3) is 0.450. The molecule has 1 aromatic carbocycles. The molecule has 1 atom stereocenters. The number of halogens is 2. The topological polar surface area (TPSA) is 24.9 Å². The lowest BCUT2D eigenvalue weighted by molar-refractivity contribution is 0.338. The Hall–Kier alpha value is -0.710. The highest BCUT2D eigenvalue weighted by atomic mass is 79.9. The number of hydrogen-bond acceptors (Lipinski definition) is 2.